The number of likely N-dealkylation sites (N-methyl/N-ethyl adjacent to an activating group) is 1. The normalized spacial score (nSPS) is 16.1. The molecule has 28 heavy (non-hydrogen) atoms. The summed E-state index contributed by atoms with van der Waals surface area (Å²) in [6, 6.07) is 10.3. The second kappa shape index (κ2) is 8.20. The molecule has 1 aliphatic rings. The summed E-state index contributed by atoms with van der Waals surface area (Å²) < 4.78 is 40.8. The van der Waals surface area contributed by atoms with E-state index in [2.05, 4.69) is 10.2 Å². The fourth-order valence-corrected chi connectivity index (χ4v) is 3.21. The van der Waals surface area contributed by atoms with Crippen molar-refractivity contribution >= 4 is 17.3 Å². The van der Waals surface area contributed by atoms with Crippen LogP contribution >= 0.6 is 0 Å². The quantitative estimate of drug-likeness (QED) is 0.784. The molecule has 1 heterocycles. The highest BCUT2D eigenvalue weighted by atomic mass is 19.4. The Morgan fingerprint density at radius 1 is 1.11 bits per heavy atom. The molecule has 1 fully saturated rings. The number of rotatable bonds is 4. The van der Waals surface area contributed by atoms with Gasteiger partial charge in [-0.2, -0.15) is 13.2 Å². The predicted octanol–water partition coefficient (Wildman–Crippen LogP) is 3.29. The molecule has 0 saturated carbocycles. The van der Waals surface area contributed by atoms with Crippen molar-refractivity contribution in [3.63, 3.8) is 0 Å². The Bertz CT molecular complexity index is 846. The monoisotopic (exact) mass is 392 g/mol. The van der Waals surface area contributed by atoms with Gasteiger partial charge in [0.2, 0.25) is 0 Å². The Hall–Kier alpha value is -2.58. The molecule has 2 aromatic rings. The summed E-state index contributed by atoms with van der Waals surface area (Å²) in [4.78, 5) is 16.5. The van der Waals surface area contributed by atoms with Gasteiger partial charge in [-0.25, -0.2) is 0 Å². The standard InChI is InChI=1S/C20H23F3N4O/c1-26-8-10-27(11-9-26)13-14-6-7-15(12-17(14)20(21,22)23)25-19(28)16-4-2-3-5-18(16)24/h2-7,12H,8-11,13,24H2,1H3,(H,25,28). The molecule has 0 aliphatic carbocycles. The molecule has 3 rings (SSSR count). The number of carbonyl (C=O) groups excluding carboxylic acids is 1. The van der Waals surface area contributed by atoms with E-state index in [1.807, 2.05) is 11.9 Å². The summed E-state index contributed by atoms with van der Waals surface area (Å²) >= 11 is 0. The van der Waals surface area contributed by atoms with E-state index in [9.17, 15) is 18.0 Å². The van der Waals surface area contributed by atoms with Crippen molar-refractivity contribution in [2.75, 3.05) is 44.3 Å². The molecule has 0 unspecified atom stereocenters. The van der Waals surface area contributed by atoms with Gasteiger partial charge in [-0.3, -0.25) is 9.69 Å². The summed E-state index contributed by atoms with van der Waals surface area (Å²) in [7, 11) is 2.00. The molecule has 5 nitrogen and oxygen atoms in total. The van der Waals surface area contributed by atoms with Gasteiger partial charge >= 0.3 is 6.18 Å². The second-order valence-electron chi connectivity index (χ2n) is 6.99. The van der Waals surface area contributed by atoms with Crippen LogP contribution in [0.2, 0.25) is 0 Å². The predicted molar refractivity (Wildman–Crippen MR) is 103 cm³/mol. The van der Waals surface area contributed by atoms with Crippen LogP contribution in [0.3, 0.4) is 0 Å². The van der Waals surface area contributed by atoms with Crippen LogP contribution in [0, 0.1) is 0 Å². The van der Waals surface area contributed by atoms with Gasteiger partial charge in [-0.1, -0.05) is 18.2 Å². The Kier molecular flexibility index (Phi) is 5.90. The Morgan fingerprint density at radius 3 is 2.43 bits per heavy atom. The Balaban J connectivity index is 1.80. The maximum atomic E-state index is 13.6. The number of halogens is 3. The van der Waals surface area contributed by atoms with Crippen LogP contribution in [0.5, 0.6) is 0 Å². The molecule has 0 spiro atoms. The van der Waals surface area contributed by atoms with Gasteiger partial charge < -0.3 is 16.0 Å². The van der Waals surface area contributed by atoms with Crippen molar-refractivity contribution in [3.05, 3.63) is 59.2 Å². The second-order valence-corrected chi connectivity index (χ2v) is 6.99. The first-order valence-corrected chi connectivity index (χ1v) is 9.01. The SMILES string of the molecule is CN1CCN(Cc2ccc(NC(=O)c3ccccc3N)cc2C(F)(F)F)CC1. The average molecular weight is 392 g/mol. The van der Waals surface area contributed by atoms with Gasteiger partial charge in [0.05, 0.1) is 11.1 Å². The highest BCUT2D eigenvalue weighted by Crippen LogP contribution is 2.34. The van der Waals surface area contributed by atoms with Crippen molar-refractivity contribution in [1.82, 2.24) is 9.80 Å². The van der Waals surface area contributed by atoms with Crippen molar-refractivity contribution in [1.29, 1.82) is 0 Å². The Morgan fingerprint density at radius 2 is 1.79 bits per heavy atom. The zero-order valence-corrected chi connectivity index (χ0v) is 15.6. The Labute approximate surface area is 161 Å². The maximum Gasteiger partial charge on any atom is 0.416 e. The number of nitrogens with zero attached hydrogens (tertiary/aromatic N) is 2. The van der Waals surface area contributed by atoms with E-state index < -0.39 is 17.6 Å². The number of alkyl halides is 3. The first-order valence-electron chi connectivity index (χ1n) is 9.01. The number of benzene rings is 2. The number of hydrogen-bond acceptors (Lipinski definition) is 4. The van der Waals surface area contributed by atoms with Crippen molar-refractivity contribution in [2.45, 2.75) is 12.7 Å². The van der Waals surface area contributed by atoms with Crippen molar-refractivity contribution < 1.29 is 18.0 Å². The number of piperazine rings is 1. The summed E-state index contributed by atoms with van der Waals surface area (Å²) in [6.45, 7) is 3.32. The minimum atomic E-state index is -4.51. The molecule has 1 amide bonds. The van der Waals surface area contributed by atoms with Crippen LogP contribution in [0.25, 0.3) is 0 Å². The van der Waals surface area contributed by atoms with E-state index >= 15 is 0 Å². The minimum Gasteiger partial charge on any atom is -0.398 e. The number of nitrogens with one attached hydrogen (secondary N) is 1. The van der Waals surface area contributed by atoms with Crippen LogP contribution in [0.15, 0.2) is 42.5 Å². The molecule has 0 atom stereocenters. The van der Waals surface area contributed by atoms with E-state index in [1.165, 1.54) is 18.2 Å². The van der Waals surface area contributed by atoms with Gasteiger partial charge in [-0.15, -0.1) is 0 Å². The van der Waals surface area contributed by atoms with Crippen LogP contribution in [0.4, 0.5) is 24.5 Å². The van der Waals surface area contributed by atoms with Gasteiger partial charge in [0, 0.05) is 44.1 Å². The lowest BCUT2D eigenvalue weighted by atomic mass is 10.0. The third kappa shape index (κ3) is 4.82. The number of anilines is 2. The highest BCUT2D eigenvalue weighted by Gasteiger charge is 2.34. The van der Waals surface area contributed by atoms with Crippen molar-refractivity contribution in [3.8, 4) is 0 Å². The molecule has 1 saturated heterocycles. The van der Waals surface area contributed by atoms with E-state index in [0.717, 1.165) is 32.2 Å². The van der Waals surface area contributed by atoms with Crippen LogP contribution in [-0.4, -0.2) is 48.9 Å². The molecule has 2 aromatic carbocycles. The fraction of sp³-hybridized carbons (Fsp3) is 0.350. The average Bonchev–Trinajstić information content (AvgIpc) is 2.64. The summed E-state index contributed by atoms with van der Waals surface area (Å²) in [5.41, 5.74) is 5.81. The zero-order chi connectivity index (χ0) is 20.3. The van der Waals surface area contributed by atoms with E-state index in [-0.39, 0.29) is 29.0 Å². The lowest BCUT2D eigenvalue weighted by Gasteiger charge is -2.33. The number of hydrogen-bond donors (Lipinski definition) is 2. The highest BCUT2D eigenvalue weighted by molar-refractivity contribution is 6.07. The van der Waals surface area contributed by atoms with Gasteiger partial charge in [0.25, 0.3) is 5.91 Å². The summed E-state index contributed by atoms with van der Waals surface area (Å²) in [5.74, 6) is -0.543. The topological polar surface area (TPSA) is 61.6 Å². The largest absolute Gasteiger partial charge is 0.416 e. The first-order chi connectivity index (χ1) is 13.2. The van der Waals surface area contributed by atoms with Gasteiger partial charge in [-0.05, 0) is 36.9 Å². The zero-order valence-electron chi connectivity index (χ0n) is 15.6. The molecule has 3 N–H and O–H groups in total. The number of nitrogens with two attached hydrogens (primary N) is 1. The molecule has 150 valence electrons. The molecular formula is C20H23F3N4O. The van der Waals surface area contributed by atoms with Crippen LogP contribution < -0.4 is 11.1 Å². The van der Waals surface area contributed by atoms with E-state index in [1.54, 1.807) is 18.2 Å². The summed E-state index contributed by atoms with van der Waals surface area (Å²) in [5, 5.41) is 2.51. The smallest absolute Gasteiger partial charge is 0.398 e. The third-order valence-electron chi connectivity index (χ3n) is 4.87. The first kappa shape index (κ1) is 20.2. The van der Waals surface area contributed by atoms with Crippen LogP contribution in [-0.2, 0) is 12.7 Å². The fourth-order valence-electron chi connectivity index (χ4n) is 3.21. The molecule has 1 aliphatic heterocycles. The lowest BCUT2D eigenvalue weighted by Crippen LogP contribution is -2.44. The van der Waals surface area contributed by atoms with Crippen molar-refractivity contribution in [2.24, 2.45) is 0 Å². The number of carbonyl (C=O) groups is 1. The van der Waals surface area contributed by atoms with E-state index in [0.29, 0.717) is 0 Å². The van der Waals surface area contributed by atoms with Crippen LogP contribution in [0.1, 0.15) is 21.5 Å². The van der Waals surface area contributed by atoms with Gasteiger partial charge in [0.15, 0.2) is 0 Å². The molecule has 0 aromatic heterocycles. The molecular weight excluding hydrogens is 369 g/mol. The van der Waals surface area contributed by atoms with E-state index in [4.69, 9.17) is 5.73 Å². The third-order valence-corrected chi connectivity index (χ3v) is 4.87. The number of amides is 1. The minimum absolute atomic E-state index is 0.0858. The lowest BCUT2D eigenvalue weighted by molar-refractivity contribution is -0.138. The molecule has 0 bridgehead atoms. The summed E-state index contributed by atoms with van der Waals surface area (Å²) in [6.07, 6.45) is -4.51. The number of nitrogen functional groups attached to an aromatic ring is 1. The maximum absolute atomic E-state index is 13.6. The molecule has 0 radical (unpaired) electrons. The molecule has 8 heteroatoms. The van der Waals surface area contributed by atoms with Gasteiger partial charge in [0.1, 0.15) is 0 Å². The number of para-hydroxylation sites is 1.